The maximum absolute atomic E-state index is 13.8. The van der Waals surface area contributed by atoms with Crippen LogP contribution in [0.25, 0.3) is 0 Å². The highest BCUT2D eigenvalue weighted by molar-refractivity contribution is 5.86. The second kappa shape index (κ2) is 5.91. The summed E-state index contributed by atoms with van der Waals surface area (Å²) >= 11 is 0. The molecule has 0 bridgehead atoms. The third kappa shape index (κ3) is 3.07. The van der Waals surface area contributed by atoms with Gasteiger partial charge in [0.25, 0.3) is 0 Å². The SMILES string of the molecule is O=C(CC1(C(=O)O)CCC1)N(Cc1c(F)cccc1F)C1CC1. The van der Waals surface area contributed by atoms with Gasteiger partial charge in [0, 0.05) is 18.0 Å². The van der Waals surface area contributed by atoms with Gasteiger partial charge in [0.05, 0.1) is 12.0 Å². The van der Waals surface area contributed by atoms with Crippen molar-refractivity contribution in [3.05, 3.63) is 35.4 Å². The molecule has 2 aliphatic carbocycles. The molecule has 2 fully saturated rings. The first-order valence-corrected chi connectivity index (χ1v) is 7.89. The van der Waals surface area contributed by atoms with Crippen LogP contribution >= 0.6 is 0 Å². The van der Waals surface area contributed by atoms with Gasteiger partial charge in [0.15, 0.2) is 0 Å². The van der Waals surface area contributed by atoms with E-state index in [1.165, 1.54) is 23.1 Å². The van der Waals surface area contributed by atoms with Gasteiger partial charge < -0.3 is 10.0 Å². The summed E-state index contributed by atoms with van der Waals surface area (Å²) in [6, 6.07) is 3.58. The Morgan fingerprint density at radius 3 is 2.26 bits per heavy atom. The molecule has 124 valence electrons. The average Bonchev–Trinajstić information content (AvgIpc) is 3.26. The number of hydrogen-bond acceptors (Lipinski definition) is 2. The monoisotopic (exact) mass is 323 g/mol. The molecule has 0 spiro atoms. The van der Waals surface area contributed by atoms with Crippen molar-refractivity contribution in [1.82, 2.24) is 4.90 Å². The molecule has 1 aromatic carbocycles. The summed E-state index contributed by atoms with van der Waals surface area (Å²) < 4.78 is 27.7. The number of aliphatic carboxylic acids is 1. The number of carbonyl (C=O) groups is 2. The normalized spacial score (nSPS) is 19.0. The first kappa shape index (κ1) is 15.9. The van der Waals surface area contributed by atoms with Crippen molar-refractivity contribution in [3.63, 3.8) is 0 Å². The number of hydrogen-bond donors (Lipinski definition) is 1. The lowest BCUT2D eigenvalue weighted by Gasteiger charge is -2.38. The standard InChI is InChI=1S/C17H19F2NO3/c18-13-3-1-4-14(19)12(13)10-20(11-5-6-11)15(21)9-17(16(22)23)7-2-8-17/h1,3-4,11H,2,5-10H2,(H,22,23). The van der Waals surface area contributed by atoms with E-state index in [0.29, 0.717) is 12.8 Å². The predicted octanol–water partition coefficient (Wildman–Crippen LogP) is 3.10. The summed E-state index contributed by atoms with van der Waals surface area (Å²) in [5, 5.41) is 9.36. The van der Waals surface area contributed by atoms with Crippen molar-refractivity contribution in [1.29, 1.82) is 0 Å². The molecule has 1 aromatic rings. The molecule has 6 heteroatoms. The van der Waals surface area contributed by atoms with Gasteiger partial charge in [0.1, 0.15) is 11.6 Å². The van der Waals surface area contributed by atoms with Crippen LogP contribution in [0.4, 0.5) is 8.78 Å². The van der Waals surface area contributed by atoms with Crippen molar-refractivity contribution in [2.75, 3.05) is 0 Å². The van der Waals surface area contributed by atoms with E-state index in [4.69, 9.17) is 0 Å². The van der Waals surface area contributed by atoms with E-state index in [0.717, 1.165) is 19.3 Å². The lowest BCUT2D eigenvalue weighted by atomic mass is 9.66. The van der Waals surface area contributed by atoms with Crippen LogP contribution in [0.3, 0.4) is 0 Å². The minimum absolute atomic E-state index is 0.0348. The molecule has 2 aliphatic rings. The van der Waals surface area contributed by atoms with Gasteiger partial charge >= 0.3 is 5.97 Å². The number of amides is 1. The summed E-state index contributed by atoms with van der Waals surface area (Å²) in [6.07, 6.45) is 3.27. The summed E-state index contributed by atoms with van der Waals surface area (Å²) in [6.45, 7) is -0.141. The molecule has 0 aliphatic heterocycles. The average molecular weight is 323 g/mol. The molecular formula is C17H19F2NO3. The molecule has 0 atom stereocenters. The zero-order valence-electron chi connectivity index (χ0n) is 12.7. The van der Waals surface area contributed by atoms with Crippen LogP contribution in [0.2, 0.25) is 0 Å². The number of nitrogens with zero attached hydrogens (tertiary/aromatic N) is 1. The van der Waals surface area contributed by atoms with E-state index in [1.807, 2.05) is 0 Å². The van der Waals surface area contributed by atoms with Gasteiger partial charge in [0.2, 0.25) is 5.91 Å². The second-order valence-electron chi connectivity index (χ2n) is 6.57. The fourth-order valence-electron chi connectivity index (χ4n) is 3.12. The van der Waals surface area contributed by atoms with Gasteiger partial charge in [-0.1, -0.05) is 12.5 Å². The van der Waals surface area contributed by atoms with E-state index in [-0.39, 0.29) is 30.5 Å². The number of benzene rings is 1. The van der Waals surface area contributed by atoms with E-state index in [1.54, 1.807) is 0 Å². The topological polar surface area (TPSA) is 57.6 Å². The number of carboxylic acids is 1. The van der Waals surface area contributed by atoms with E-state index in [2.05, 4.69) is 0 Å². The van der Waals surface area contributed by atoms with Crippen molar-refractivity contribution < 1.29 is 23.5 Å². The maximum atomic E-state index is 13.8. The molecule has 4 nitrogen and oxygen atoms in total. The highest BCUT2D eigenvalue weighted by Gasteiger charge is 2.47. The minimum Gasteiger partial charge on any atom is -0.481 e. The Hall–Kier alpha value is -1.98. The summed E-state index contributed by atoms with van der Waals surface area (Å²) in [5.74, 6) is -2.64. The Labute approximate surface area is 133 Å². The van der Waals surface area contributed by atoms with Crippen LogP contribution < -0.4 is 0 Å². The zero-order valence-corrected chi connectivity index (χ0v) is 12.7. The van der Waals surface area contributed by atoms with Crippen molar-refractivity contribution in [2.24, 2.45) is 5.41 Å². The molecular weight excluding hydrogens is 304 g/mol. The predicted molar refractivity (Wildman–Crippen MR) is 78.5 cm³/mol. The fraction of sp³-hybridized carbons (Fsp3) is 0.529. The Morgan fingerprint density at radius 2 is 1.83 bits per heavy atom. The number of carbonyl (C=O) groups excluding carboxylic acids is 1. The van der Waals surface area contributed by atoms with Crippen LogP contribution in [0.5, 0.6) is 0 Å². The van der Waals surface area contributed by atoms with Crippen LogP contribution in [0.1, 0.15) is 44.1 Å². The minimum atomic E-state index is -0.988. The number of halogens is 2. The summed E-state index contributed by atoms with van der Waals surface area (Å²) in [7, 11) is 0. The van der Waals surface area contributed by atoms with Crippen molar-refractivity contribution >= 4 is 11.9 Å². The quantitative estimate of drug-likeness (QED) is 0.875. The molecule has 23 heavy (non-hydrogen) atoms. The third-order valence-corrected chi connectivity index (χ3v) is 4.95. The Balaban J connectivity index is 1.77. The first-order valence-electron chi connectivity index (χ1n) is 7.89. The molecule has 0 unspecified atom stereocenters. The summed E-state index contributed by atoms with van der Waals surface area (Å²) in [4.78, 5) is 25.5. The van der Waals surface area contributed by atoms with Crippen LogP contribution in [0, 0.1) is 17.0 Å². The summed E-state index contributed by atoms with van der Waals surface area (Å²) in [5.41, 5.74) is -1.12. The smallest absolute Gasteiger partial charge is 0.310 e. The molecule has 0 radical (unpaired) electrons. The first-order chi connectivity index (χ1) is 10.9. The van der Waals surface area contributed by atoms with E-state index in [9.17, 15) is 23.5 Å². The Bertz CT molecular complexity index is 618. The molecule has 0 saturated heterocycles. The van der Waals surface area contributed by atoms with E-state index < -0.39 is 23.0 Å². The third-order valence-electron chi connectivity index (χ3n) is 4.95. The Morgan fingerprint density at radius 1 is 1.22 bits per heavy atom. The van der Waals surface area contributed by atoms with Gasteiger partial charge in [-0.15, -0.1) is 0 Å². The Kier molecular flexibility index (Phi) is 4.08. The lowest BCUT2D eigenvalue weighted by molar-refractivity contribution is -0.159. The van der Waals surface area contributed by atoms with Gasteiger partial charge in [-0.05, 0) is 37.8 Å². The van der Waals surface area contributed by atoms with E-state index >= 15 is 0 Å². The number of carboxylic acid groups (broad SMARTS) is 1. The maximum Gasteiger partial charge on any atom is 0.310 e. The van der Waals surface area contributed by atoms with Crippen LogP contribution in [-0.4, -0.2) is 27.9 Å². The highest BCUT2D eigenvalue weighted by atomic mass is 19.1. The van der Waals surface area contributed by atoms with Crippen LogP contribution in [0.15, 0.2) is 18.2 Å². The molecule has 0 aromatic heterocycles. The molecule has 1 N–H and O–H groups in total. The largest absolute Gasteiger partial charge is 0.481 e. The zero-order chi connectivity index (χ0) is 16.6. The molecule has 0 heterocycles. The fourth-order valence-corrected chi connectivity index (χ4v) is 3.12. The van der Waals surface area contributed by atoms with Gasteiger partial charge in [-0.2, -0.15) is 0 Å². The highest BCUT2D eigenvalue weighted by Crippen LogP contribution is 2.45. The van der Waals surface area contributed by atoms with Crippen LogP contribution in [-0.2, 0) is 16.1 Å². The lowest BCUT2D eigenvalue weighted by Crippen LogP contribution is -2.44. The molecule has 1 amide bonds. The molecule has 2 saturated carbocycles. The molecule has 3 rings (SSSR count). The van der Waals surface area contributed by atoms with Crippen molar-refractivity contribution in [3.8, 4) is 0 Å². The van der Waals surface area contributed by atoms with Gasteiger partial charge in [-0.3, -0.25) is 9.59 Å². The second-order valence-corrected chi connectivity index (χ2v) is 6.57. The van der Waals surface area contributed by atoms with Crippen molar-refractivity contribution in [2.45, 2.75) is 51.1 Å². The number of rotatable bonds is 6. The van der Waals surface area contributed by atoms with Gasteiger partial charge in [-0.25, -0.2) is 8.78 Å².